The first-order valence-corrected chi connectivity index (χ1v) is 8.72. The number of hydrogen-bond acceptors (Lipinski definition) is 4. The van der Waals surface area contributed by atoms with Crippen LogP contribution < -0.4 is 4.74 Å². The predicted molar refractivity (Wildman–Crippen MR) is 94.0 cm³/mol. The van der Waals surface area contributed by atoms with Crippen LogP contribution in [0, 0.1) is 6.92 Å². The van der Waals surface area contributed by atoms with Crippen molar-refractivity contribution < 1.29 is 9.84 Å². The summed E-state index contributed by atoms with van der Waals surface area (Å²) in [6.07, 6.45) is 5.55. The normalized spacial score (nSPS) is 21.8. The monoisotopic (exact) mass is 329 g/mol. The van der Waals surface area contributed by atoms with Crippen LogP contribution in [0.5, 0.6) is 5.75 Å². The van der Waals surface area contributed by atoms with E-state index < -0.39 is 5.60 Å². The highest BCUT2D eigenvalue weighted by Gasteiger charge is 2.34. The Morgan fingerprint density at radius 3 is 2.96 bits per heavy atom. The van der Waals surface area contributed by atoms with Gasteiger partial charge in [-0.1, -0.05) is 18.2 Å². The number of benzene rings is 1. The minimum Gasteiger partial charge on any atom is -0.490 e. The zero-order valence-electron chi connectivity index (χ0n) is 14.6. The Kier molecular flexibility index (Phi) is 5.21. The molecular weight excluding hydrogens is 302 g/mol. The summed E-state index contributed by atoms with van der Waals surface area (Å²) in [6, 6.07) is 7.94. The van der Waals surface area contributed by atoms with E-state index in [0.29, 0.717) is 13.2 Å². The van der Waals surface area contributed by atoms with E-state index in [1.807, 2.05) is 43.7 Å². The third kappa shape index (κ3) is 3.97. The molecule has 0 amide bonds. The highest BCUT2D eigenvalue weighted by molar-refractivity contribution is 5.31. The number of piperidine rings is 1. The van der Waals surface area contributed by atoms with Crippen molar-refractivity contribution >= 4 is 0 Å². The van der Waals surface area contributed by atoms with E-state index >= 15 is 0 Å². The molecule has 0 spiro atoms. The summed E-state index contributed by atoms with van der Waals surface area (Å²) in [7, 11) is 0. The van der Waals surface area contributed by atoms with Gasteiger partial charge in [0.05, 0.1) is 12.0 Å². The first kappa shape index (κ1) is 17.0. The van der Waals surface area contributed by atoms with Gasteiger partial charge in [-0.05, 0) is 44.9 Å². The molecule has 1 fully saturated rings. The van der Waals surface area contributed by atoms with Gasteiger partial charge < -0.3 is 14.4 Å². The lowest BCUT2D eigenvalue weighted by Crippen LogP contribution is -2.51. The number of likely N-dealkylation sites (tertiary alicyclic amines) is 1. The fourth-order valence-electron chi connectivity index (χ4n) is 3.38. The molecule has 1 aromatic carbocycles. The van der Waals surface area contributed by atoms with Crippen molar-refractivity contribution in [1.82, 2.24) is 14.5 Å². The fraction of sp³-hybridized carbons (Fsp3) is 0.526. The lowest BCUT2D eigenvalue weighted by Gasteiger charge is -2.39. The van der Waals surface area contributed by atoms with Crippen molar-refractivity contribution in [3.05, 3.63) is 48.0 Å². The largest absolute Gasteiger partial charge is 0.490 e. The number of hydrogen-bond donors (Lipinski definition) is 1. The SMILES string of the molecule is CCn1cncc1CN1CCC[C@](O)(COc2ccccc2C)C1. The average molecular weight is 329 g/mol. The highest BCUT2D eigenvalue weighted by atomic mass is 16.5. The van der Waals surface area contributed by atoms with Crippen molar-refractivity contribution in [2.24, 2.45) is 0 Å². The van der Waals surface area contributed by atoms with Gasteiger partial charge in [0.1, 0.15) is 18.0 Å². The van der Waals surface area contributed by atoms with E-state index in [4.69, 9.17) is 4.74 Å². The number of para-hydroxylation sites is 1. The number of aryl methyl sites for hydroxylation is 2. The summed E-state index contributed by atoms with van der Waals surface area (Å²) in [4.78, 5) is 6.53. The third-order valence-electron chi connectivity index (χ3n) is 4.75. The summed E-state index contributed by atoms with van der Waals surface area (Å²) in [6.45, 7) is 7.85. The quantitative estimate of drug-likeness (QED) is 0.885. The smallest absolute Gasteiger partial charge is 0.122 e. The van der Waals surface area contributed by atoms with Crippen LogP contribution in [0.1, 0.15) is 31.0 Å². The Morgan fingerprint density at radius 2 is 2.17 bits per heavy atom. The molecule has 5 nitrogen and oxygen atoms in total. The number of nitrogens with zero attached hydrogens (tertiary/aromatic N) is 3. The second kappa shape index (κ2) is 7.36. The standard InChI is InChI=1S/C19H27N3O2/c1-3-22-15-20-11-17(22)12-21-10-6-9-19(23,13-21)14-24-18-8-5-4-7-16(18)2/h4-5,7-8,11,15,23H,3,6,9-10,12-14H2,1-2H3/t19-/m1/s1. The Hall–Kier alpha value is -1.85. The first-order valence-electron chi connectivity index (χ1n) is 8.72. The molecule has 5 heteroatoms. The van der Waals surface area contributed by atoms with Crippen LogP contribution in [-0.4, -0.2) is 44.9 Å². The Balaban J connectivity index is 1.60. The van der Waals surface area contributed by atoms with Crippen molar-refractivity contribution in [1.29, 1.82) is 0 Å². The molecular formula is C19H27N3O2. The van der Waals surface area contributed by atoms with Crippen LogP contribution in [0.15, 0.2) is 36.8 Å². The van der Waals surface area contributed by atoms with Crippen LogP contribution in [-0.2, 0) is 13.1 Å². The molecule has 0 radical (unpaired) electrons. The van der Waals surface area contributed by atoms with Gasteiger partial charge in [0.25, 0.3) is 0 Å². The molecule has 2 heterocycles. The van der Waals surface area contributed by atoms with E-state index in [1.165, 1.54) is 5.69 Å². The summed E-state index contributed by atoms with van der Waals surface area (Å²) >= 11 is 0. The number of aromatic nitrogens is 2. The van der Waals surface area contributed by atoms with Crippen LogP contribution >= 0.6 is 0 Å². The summed E-state index contributed by atoms with van der Waals surface area (Å²) < 4.78 is 8.06. The van der Waals surface area contributed by atoms with E-state index in [-0.39, 0.29) is 0 Å². The fourth-order valence-corrected chi connectivity index (χ4v) is 3.38. The number of β-amino-alcohol motifs (C(OH)–C–C–N with tert-alkyl or cyclic N) is 1. The zero-order chi connectivity index (χ0) is 17.0. The van der Waals surface area contributed by atoms with E-state index in [1.54, 1.807) is 0 Å². The molecule has 2 aromatic rings. The van der Waals surface area contributed by atoms with Crippen molar-refractivity contribution in [2.45, 2.75) is 45.4 Å². The van der Waals surface area contributed by atoms with Crippen LogP contribution in [0.2, 0.25) is 0 Å². The van der Waals surface area contributed by atoms with Crippen molar-refractivity contribution in [2.75, 3.05) is 19.7 Å². The summed E-state index contributed by atoms with van der Waals surface area (Å²) in [5, 5.41) is 11.0. The van der Waals surface area contributed by atoms with Gasteiger partial charge in [-0.2, -0.15) is 0 Å². The lowest BCUT2D eigenvalue weighted by atomic mass is 9.93. The molecule has 0 saturated carbocycles. The van der Waals surface area contributed by atoms with Gasteiger partial charge in [-0.3, -0.25) is 4.90 Å². The van der Waals surface area contributed by atoms with Gasteiger partial charge in [-0.25, -0.2) is 4.98 Å². The molecule has 1 aliphatic rings. The second-order valence-corrected chi connectivity index (χ2v) is 6.76. The van der Waals surface area contributed by atoms with Crippen LogP contribution in [0.25, 0.3) is 0 Å². The van der Waals surface area contributed by atoms with E-state index in [2.05, 4.69) is 21.4 Å². The maximum atomic E-state index is 11.0. The van der Waals surface area contributed by atoms with Gasteiger partial charge in [0, 0.05) is 25.8 Å². The number of rotatable bonds is 6. The third-order valence-corrected chi connectivity index (χ3v) is 4.75. The van der Waals surface area contributed by atoms with Gasteiger partial charge >= 0.3 is 0 Å². The first-order chi connectivity index (χ1) is 11.6. The Labute approximate surface area is 143 Å². The minimum absolute atomic E-state index is 0.335. The second-order valence-electron chi connectivity index (χ2n) is 6.76. The van der Waals surface area contributed by atoms with E-state index in [9.17, 15) is 5.11 Å². The average Bonchev–Trinajstić information content (AvgIpc) is 3.01. The molecule has 1 aromatic heterocycles. The van der Waals surface area contributed by atoms with Crippen molar-refractivity contribution in [3.8, 4) is 5.75 Å². The number of imidazole rings is 1. The molecule has 1 saturated heterocycles. The molecule has 0 bridgehead atoms. The topological polar surface area (TPSA) is 50.5 Å². The van der Waals surface area contributed by atoms with Gasteiger partial charge in [0.15, 0.2) is 0 Å². The Morgan fingerprint density at radius 1 is 1.33 bits per heavy atom. The van der Waals surface area contributed by atoms with Crippen LogP contribution in [0.4, 0.5) is 0 Å². The van der Waals surface area contributed by atoms with Crippen molar-refractivity contribution in [3.63, 3.8) is 0 Å². The summed E-state index contributed by atoms with van der Waals surface area (Å²) in [5.74, 6) is 0.854. The summed E-state index contributed by atoms with van der Waals surface area (Å²) in [5.41, 5.74) is 1.50. The predicted octanol–water partition coefficient (Wildman–Crippen LogP) is 2.62. The van der Waals surface area contributed by atoms with Gasteiger partial charge in [0.2, 0.25) is 0 Å². The van der Waals surface area contributed by atoms with Gasteiger partial charge in [-0.15, -0.1) is 0 Å². The number of aliphatic hydroxyl groups is 1. The lowest BCUT2D eigenvalue weighted by molar-refractivity contribution is -0.0626. The number of ether oxygens (including phenoxy) is 1. The van der Waals surface area contributed by atoms with Crippen LogP contribution in [0.3, 0.4) is 0 Å². The van der Waals surface area contributed by atoms with E-state index in [0.717, 1.165) is 43.8 Å². The minimum atomic E-state index is -0.794. The molecule has 24 heavy (non-hydrogen) atoms. The molecule has 1 aliphatic heterocycles. The zero-order valence-corrected chi connectivity index (χ0v) is 14.6. The molecule has 130 valence electrons. The molecule has 3 rings (SSSR count). The molecule has 1 atom stereocenters. The Bertz CT molecular complexity index is 670. The maximum Gasteiger partial charge on any atom is 0.122 e. The highest BCUT2D eigenvalue weighted by Crippen LogP contribution is 2.25. The molecule has 1 N–H and O–H groups in total. The maximum absolute atomic E-state index is 11.0. The molecule has 0 unspecified atom stereocenters. The molecule has 0 aliphatic carbocycles.